The Morgan fingerprint density at radius 3 is 2.48 bits per heavy atom. The first kappa shape index (κ1) is 22.5. The van der Waals surface area contributed by atoms with Crippen LogP contribution in [0.1, 0.15) is 42.5 Å². The molecule has 4 rings (SSSR count). The third-order valence-corrected chi connectivity index (χ3v) is 5.69. The zero-order chi connectivity index (χ0) is 23.2. The van der Waals surface area contributed by atoms with Gasteiger partial charge in [-0.2, -0.15) is 0 Å². The zero-order valence-electron chi connectivity index (χ0n) is 18.1. The van der Waals surface area contributed by atoms with Gasteiger partial charge in [0.15, 0.2) is 11.5 Å². The van der Waals surface area contributed by atoms with E-state index >= 15 is 0 Å². The van der Waals surface area contributed by atoms with Crippen molar-refractivity contribution in [3.8, 4) is 11.5 Å². The van der Waals surface area contributed by atoms with E-state index in [1.807, 2.05) is 0 Å². The molecule has 1 aliphatic heterocycles. The minimum absolute atomic E-state index is 0.00916. The number of nitro benzene ring substituents is 1. The number of nitrogens with one attached hydrogen (secondary N) is 3. The number of hydrogen-bond acceptors (Lipinski definition) is 7. The van der Waals surface area contributed by atoms with Crippen LogP contribution in [0.3, 0.4) is 0 Å². The van der Waals surface area contributed by atoms with Crippen LogP contribution < -0.4 is 25.4 Å². The fraction of sp³-hybridized carbons (Fsp3) is 0.391. The number of ether oxygens (including phenoxy) is 2. The first-order valence-corrected chi connectivity index (χ1v) is 11.0. The van der Waals surface area contributed by atoms with Crippen LogP contribution in [0.2, 0.25) is 0 Å². The van der Waals surface area contributed by atoms with Crippen LogP contribution in [0.5, 0.6) is 11.5 Å². The fourth-order valence-corrected chi connectivity index (χ4v) is 4.00. The van der Waals surface area contributed by atoms with Gasteiger partial charge in [0, 0.05) is 29.9 Å². The first-order chi connectivity index (χ1) is 16.0. The van der Waals surface area contributed by atoms with E-state index in [0.717, 1.165) is 31.7 Å². The third-order valence-electron chi connectivity index (χ3n) is 5.69. The number of nitrogens with zero attached hydrogens (tertiary/aromatic N) is 1. The highest BCUT2D eigenvalue weighted by molar-refractivity contribution is 6.10. The minimum Gasteiger partial charge on any atom is -0.486 e. The summed E-state index contributed by atoms with van der Waals surface area (Å²) in [5.41, 5.74) is 0.379. The average Bonchev–Trinajstić information content (AvgIpc) is 2.83. The Labute approximate surface area is 190 Å². The van der Waals surface area contributed by atoms with E-state index in [0.29, 0.717) is 36.4 Å². The Balaban J connectivity index is 1.48. The normalized spacial score (nSPS) is 15.5. The number of non-ortho nitro benzene ring substituents is 1. The third kappa shape index (κ3) is 5.78. The number of amides is 2. The van der Waals surface area contributed by atoms with E-state index in [9.17, 15) is 19.7 Å². The van der Waals surface area contributed by atoms with Gasteiger partial charge in [0.2, 0.25) is 5.91 Å². The molecule has 1 saturated carbocycles. The lowest BCUT2D eigenvalue weighted by atomic mass is 9.95. The molecule has 0 radical (unpaired) electrons. The summed E-state index contributed by atoms with van der Waals surface area (Å²) in [6.45, 7) is 0.955. The van der Waals surface area contributed by atoms with Crippen LogP contribution in [0, 0.1) is 10.1 Å². The van der Waals surface area contributed by atoms with Crippen molar-refractivity contribution < 1.29 is 24.0 Å². The molecule has 174 valence electrons. The van der Waals surface area contributed by atoms with Crippen LogP contribution in [0.25, 0.3) is 0 Å². The standard InChI is InChI=1S/C23H26N4O6/c28-22(14-24-15-4-2-1-3-5-15)26-19-8-7-17(27(30)31)13-18(19)23(29)25-16-6-9-20-21(12-16)33-11-10-32-20/h6-9,12-13,15,24H,1-5,10-11,14H2,(H,25,29)(H,26,28). The summed E-state index contributed by atoms with van der Waals surface area (Å²) >= 11 is 0. The maximum Gasteiger partial charge on any atom is 0.270 e. The molecule has 2 aromatic carbocycles. The summed E-state index contributed by atoms with van der Waals surface area (Å²) in [7, 11) is 0. The predicted molar refractivity (Wildman–Crippen MR) is 122 cm³/mol. The van der Waals surface area contributed by atoms with Crippen molar-refractivity contribution in [1.82, 2.24) is 5.32 Å². The maximum atomic E-state index is 13.0. The maximum absolute atomic E-state index is 13.0. The molecule has 1 heterocycles. The van der Waals surface area contributed by atoms with Crippen LogP contribution in [0.4, 0.5) is 17.1 Å². The van der Waals surface area contributed by atoms with Crippen molar-refractivity contribution in [2.45, 2.75) is 38.1 Å². The molecule has 1 fully saturated rings. The Bertz CT molecular complexity index is 1050. The van der Waals surface area contributed by atoms with Gasteiger partial charge >= 0.3 is 0 Å². The van der Waals surface area contributed by atoms with Gasteiger partial charge < -0.3 is 25.4 Å². The lowest BCUT2D eigenvalue weighted by Gasteiger charge is -2.22. The number of fused-ring (bicyclic) bond motifs is 1. The van der Waals surface area contributed by atoms with Gasteiger partial charge in [-0.3, -0.25) is 19.7 Å². The van der Waals surface area contributed by atoms with Crippen molar-refractivity contribution >= 4 is 28.9 Å². The molecule has 0 unspecified atom stereocenters. The highest BCUT2D eigenvalue weighted by atomic mass is 16.6. The van der Waals surface area contributed by atoms with Gasteiger partial charge in [-0.05, 0) is 31.0 Å². The van der Waals surface area contributed by atoms with Gasteiger partial charge in [-0.1, -0.05) is 19.3 Å². The Morgan fingerprint density at radius 2 is 1.73 bits per heavy atom. The Kier molecular flexibility index (Phi) is 7.04. The van der Waals surface area contributed by atoms with Crippen molar-refractivity contribution in [2.24, 2.45) is 0 Å². The summed E-state index contributed by atoms with van der Waals surface area (Å²) in [6, 6.07) is 9.03. The molecule has 10 nitrogen and oxygen atoms in total. The zero-order valence-corrected chi connectivity index (χ0v) is 18.1. The molecule has 33 heavy (non-hydrogen) atoms. The van der Waals surface area contributed by atoms with Crippen molar-refractivity contribution in [1.29, 1.82) is 0 Å². The summed E-state index contributed by atoms with van der Waals surface area (Å²) in [5, 5.41) is 19.9. The molecule has 2 amide bonds. The monoisotopic (exact) mass is 454 g/mol. The highest BCUT2D eigenvalue weighted by Gasteiger charge is 2.20. The van der Waals surface area contributed by atoms with E-state index in [4.69, 9.17) is 9.47 Å². The first-order valence-electron chi connectivity index (χ1n) is 11.0. The summed E-state index contributed by atoms with van der Waals surface area (Å²) in [4.78, 5) is 36.2. The lowest BCUT2D eigenvalue weighted by Crippen LogP contribution is -2.37. The molecule has 0 saturated heterocycles. The van der Waals surface area contributed by atoms with Gasteiger partial charge in [0.1, 0.15) is 13.2 Å². The molecule has 1 aliphatic carbocycles. The fourth-order valence-electron chi connectivity index (χ4n) is 4.00. The predicted octanol–water partition coefficient (Wildman–Crippen LogP) is 3.48. The largest absolute Gasteiger partial charge is 0.486 e. The van der Waals surface area contributed by atoms with Crippen LogP contribution >= 0.6 is 0 Å². The van der Waals surface area contributed by atoms with E-state index < -0.39 is 10.8 Å². The van der Waals surface area contributed by atoms with Gasteiger partial charge in [-0.25, -0.2) is 0 Å². The number of carbonyl (C=O) groups excluding carboxylic acids is 2. The topological polar surface area (TPSA) is 132 Å². The van der Waals surface area contributed by atoms with Gasteiger partial charge in [0.25, 0.3) is 11.6 Å². The Morgan fingerprint density at radius 1 is 0.970 bits per heavy atom. The summed E-state index contributed by atoms with van der Waals surface area (Å²) < 4.78 is 11.0. The summed E-state index contributed by atoms with van der Waals surface area (Å²) in [5.74, 6) is 0.169. The second-order valence-electron chi connectivity index (χ2n) is 8.06. The number of anilines is 2. The van der Waals surface area contributed by atoms with Crippen molar-refractivity contribution in [3.63, 3.8) is 0 Å². The van der Waals surface area contributed by atoms with E-state index in [-0.39, 0.29) is 29.4 Å². The van der Waals surface area contributed by atoms with Crippen LogP contribution in [-0.2, 0) is 4.79 Å². The summed E-state index contributed by atoms with van der Waals surface area (Å²) in [6.07, 6.45) is 5.58. The second kappa shape index (κ2) is 10.3. The van der Waals surface area contributed by atoms with Crippen molar-refractivity contribution in [3.05, 3.63) is 52.1 Å². The molecule has 0 bridgehead atoms. The number of benzene rings is 2. The molecular formula is C23H26N4O6. The molecule has 10 heteroatoms. The number of carbonyl (C=O) groups is 2. The number of hydrogen-bond donors (Lipinski definition) is 3. The number of rotatable bonds is 7. The van der Waals surface area contributed by atoms with E-state index in [1.54, 1.807) is 18.2 Å². The molecular weight excluding hydrogens is 428 g/mol. The Hall–Kier alpha value is -3.66. The van der Waals surface area contributed by atoms with Crippen LogP contribution in [-0.4, -0.2) is 42.5 Å². The van der Waals surface area contributed by atoms with Gasteiger partial charge in [0.05, 0.1) is 22.7 Å². The molecule has 0 atom stereocenters. The molecule has 0 aromatic heterocycles. The molecule has 3 N–H and O–H groups in total. The molecule has 2 aromatic rings. The van der Waals surface area contributed by atoms with E-state index in [2.05, 4.69) is 16.0 Å². The smallest absolute Gasteiger partial charge is 0.270 e. The average molecular weight is 454 g/mol. The van der Waals surface area contributed by atoms with Gasteiger partial charge in [-0.15, -0.1) is 0 Å². The second-order valence-corrected chi connectivity index (χ2v) is 8.06. The molecule has 2 aliphatic rings. The quantitative estimate of drug-likeness (QED) is 0.431. The lowest BCUT2D eigenvalue weighted by molar-refractivity contribution is -0.384. The highest BCUT2D eigenvalue weighted by Crippen LogP contribution is 2.33. The van der Waals surface area contributed by atoms with Crippen LogP contribution in [0.15, 0.2) is 36.4 Å². The molecule has 0 spiro atoms. The number of nitro groups is 1. The van der Waals surface area contributed by atoms with Crippen molar-refractivity contribution in [2.75, 3.05) is 30.4 Å². The van der Waals surface area contributed by atoms with E-state index in [1.165, 1.54) is 18.6 Å². The minimum atomic E-state index is -0.592. The SMILES string of the molecule is O=C(CNC1CCCCC1)Nc1ccc([N+](=O)[O-])cc1C(=O)Nc1ccc2c(c1)OCCO2.